The van der Waals surface area contributed by atoms with E-state index in [0.717, 1.165) is 22.3 Å². The molecule has 0 bridgehead atoms. The quantitative estimate of drug-likeness (QED) is 0.632. The molecule has 1 heterocycles. The monoisotopic (exact) mass is 239 g/mol. The van der Waals surface area contributed by atoms with Gasteiger partial charge in [-0.15, -0.1) is 0 Å². The zero-order valence-electron chi connectivity index (χ0n) is 10.7. The van der Waals surface area contributed by atoms with E-state index in [4.69, 9.17) is 0 Å². The van der Waals surface area contributed by atoms with Crippen molar-refractivity contribution in [2.45, 2.75) is 38.9 Å². The van der Waals surface area contributed by atoms with Gasteiger partial charge in [0.05, 0.1) is 0 Å². The minimum absolute atomic E-state index is 0.509. The van der Waals surface area contributed by atoms with E-state index in [2.05, 4.69) is 29.1 Å². The van der Waals surface area contributed by atoms with Crippen molar-refractivity contribution in [3.8, 4) is 0 Å². The molecule has 1 aromatic rings. The zero-order valence-corrected chi connectivity index (χ0v) is 11.6. The average molecular weight is 239 g/mol. The van der Waals surface area contributed by atoms with Crippen LogP contribution in [-0.4, -0.2) is 28.8 Å². The molecule has 0 aliphatic heterocycles. The Labute approximate surface area is 102 Å². The highest BCUT2D eigenvalue weighted by Crippen LogP contribution is 2.17. The van der Waals surface area contributed by atoms with Crippen LogP contribution in [0.4, 0.5) is 0 Å². The summed E-state index contributed by atoms with van der Waals surface area (Å²) in [4.78, 5) is 8.85. The van der Waals surface area contributed by atoms with E-state index in [-0.39, 0.29) is 0 Å². The molecule has 0 amide bonds. The Morgan fingerprint density at radius 3 is 2.25 bits per heavy atom. The SMILES string of the molecule is CNC(CSc1nc(C)cc(C)n1)C(C)C. The van der Waals surface area contributed by atoms with Gasteiger partial charge in [0.1, 0.15) is 0 Å². The lowest BCUT2D eigenvalue weighted by Crippen LogP contribution is -2.32. The second-order valence-electron chi connectivity index (χ2n) is 4.38. The summed E-state index contributed by atoms with van der Waals surface area (Å²) in [5.41, 5.74) is 2.08. The average Bonchev–Trinajstić information content (AvgIpc) is 2.16. The number of aromatic nitrogens is 2. The van der Waals surface area contributed by atoms with Gasteiger partial charge in [-0.05, 0) is 32.9 Å². The highest BCUT2D eigenvalue weighted by molar-refractivity contribution is 7.99. The van der Waals surface area contributed by atoms with Crippen LogP contribution in [0, 0.1) is 19.8 Å². The van der Waals surface area contributed by atoms with E-state index in [9.17, 15) is 0 Å². The van der Waals surface area contributed by atoms with Crippen molar-refractivity contribution in [2.24, 2.45) is 5.92 Å². The van der Waals surface area contributed by atoms with Crippen LogP contribution in [-0.2, 0) is 0 Å². The maximum absolute atomic E-state index is 4.42. The molecule has 4 heteroatoms. The lowest BCUT2D eigenvalue weighted by Gasteiger charge is -2.19. The first kappa shape index (κ1) is 13.5. The molecule has 0 aromatic carbocycles. The summed E-state index contributed by atoms with van der Waals surface area (Å²) in [5.74, 6) is 1.64. The Kier molecular flexibility index (Phi) is 5.22. The van der Waals surface area contributed by atoms with E-state index in [1.807, 2.05) is 27.0 Å². The molecule has 0 saturated heterocycles. The van der Waals surface area contributed by atoms with Gasteiger partial charge in [-0.1, -0.05) is 25.6 Å². The zero-order chi connectivity index (χ0) is 12.1. The van der Waals surface area contributed by atoms with Crippen molar-refractivity contribution in [1.29, 1.82) is 0 Å². The lowest BCUT2D eigenvalue weighted by atomic mass is 10.1. The van der Waals surface area contributed by atoms with Crippen LogP contribution in [0.25, 0.3) is 0 Å². The topological polar surface area (TPSA) is 37.8 Å². The fourth-order valence-electron chi connectivity index (χ4n) is 1.53. The Morgan fingerprint density at radius 1 is 1.25 bits per heavy atom. The van der Waals surface area contributed by atoms with Crippen molar-refractivity contribution in [3.63, 3.8) is 0 Å². The van der Waals surface area contributed by atoms with Crippen LogP contribution in [0.3, 0.4) is 0 Å². The molecule has 90 valence electrons. The molecule has 1 unspecified atom stereocenters. The second kappa shape index (κ2) is 6.21. The van der Waals surface area contributed by atoms with Gasteiger partial charge < -0.3 is 5.32 Å². The van der Waals surface area contributed by atoms with Gasteiger partial charge in [-0.3, -0.25) is 0 Å². The van der Waals surface area contributed by atoms with E-state index < -0.39 is 0 Å². The van der Waals surface area contributed by atoms with E-state index >= 15 is 0 Å². The van der Waals surface area contributed by atoms with Gasteiger partial charge in [0.2, 0.25) is 0 Å². The molecule has 1 N–H and O–H groups in total. The molecule has 1 aromatic heterocycles. The third-order valence-electron chi connectivity index (χ3n) is 2.53. The van der Waals surface area contributed by atoms with E-state index in [1.165, 1.54) is 0 Å². The summed E-state index contributed by atoms with van der Waals surface area (Å²) in [7, 11) is 2.01. The summed E-state index contributed by atoms with van der Waals surface area (Å²) in [6.07, 6.45) is 0. The Morgan fingerprint density at radius 2 is 1.81 bits per heavy atom. The van der Waals surface area contributed by atoms with Crippen molar-refractivity contribution in [2.75, 3.05) is 12.8 Å². The third kappa shape index (κ3) is 4.10. The van der Waals surface area contributed by atoms with Gasteiger partial charge >= 0.3 is 0 Å². The summed E-state index contributed by atoms with van der Waals surface area (Å²) in [6, 6.07) is 2.51. The maximum atomic E-state index is 4.42. The molecule has 0 aliphatic rings. The second-order valence-corrected chi connectivity index (χ2v) is 5.37. The van der Waals surface area contributed by atoms with Gasteiger partial charge in [0.25, 0.3) is 0 Å². The number of thioether (sulfide) groups is 1. The molecule has 0 aliphatic carbocycles. The maximum Gasteiger partial charge on any atom is 0.188 e. The predicted molar refractivity (Wildman–Crippen MR) is 69.9 cm³/mol. The Bertz CT molecular complexity index is 319. The molecule has 16 heavy (non-hydrogen) atoms. The van der Waals surface area contributed by atoms with E-state index in [1.54, 1.807) is 11.8 Å². The van der Waals surface area contributed by atoms with Crippen LogP contribution in [0.2, 0.25) is 0 Å². The molecular weight excluding hydrogens is 218 g/mol. The predicted octanol–water partition coefficient (Wildman–Crippen LogP) is 2.43. The Balaban J connectivity index is 2.60. The van der Waals surface area contributed by atoms with E-state index in [0.29, 0.717) is 12.0 Å². The summed E-state index contributed by atoms with van der Waals surface area (Å²) < 4.78 is 0. The van der Waals surface area contributed by atoms with Crippen molar-refractivity contribution < 1.29 is 0 Å². The van der Waals surface area contributed by atoms with Crippen LogP contribution < -0.4 is 5.32 Å². The number of nitrogens with zero attached hydrogens (tertiary/aromatic N) is 2. The molecule has 1 rings (SSSR count). The summed E-state index contributed by atoms with van der Waals surface area (Å²) >= 11 is 1.73. The molecular formula is C12H21N3S. The van der Waals surface area contributed by atoms with Crippen LogP contribution >= 0.6 is 11.8 Å². The highest BCUT2D eigenvalue weighted by atomic mass is 32.2. The van der Waals surface area contributed by atoms with Crippen LogP contribution in [0.5, 0.6) is 0 Å². The number of rotatable bonds is 5. The molecule has 0 saturated carbocycles. The Hall–Kier alpha value is -0.610. The largest absolute Gasteiger partial charge is 0.316 e. The molecule has 0 fully saturated rings. The minimum Gasteiger partial charge on any atom is -0.316 e. The first-order chi connectivity index (χ1) is 7.52. The van der Waals surface area contributed by atoms with Crippen LogP contribution in [0.1, 0.15) is 25.2 Å². The number of nitrogens with one attached hydrogen (secondary N) is 1. The summed E-state index contributed by atoms with van der Waals surface area (Å²) in [5, 5.41) is 4.21. The fourth-order valence-corrected chi connectivity index (χ4v) is 2.83. The molecule has 1 atom stereocenters. The molecule has 0 spiro atoms. The molecule has 0 radical (unpaired) electrons. The van der Waals surface area contributed by atoms with Crippen molar-refractivity contribution in [1.82, 2.24) is 15.3 Å². The number of hydrogen-bond donors (Lipinski definition) is 1. The first-order valence-corrected chi connectivity index (χ1v) is 6.64. The lowest BCUT2D eigenvalue weighted by molar-refractivity contribution is 0.465. The first-order valence-electron chi connectivity index (χ1n) is 5.65. The minimum atomic E-state index is 0.509. The van der Waals surface area contributed by atoms with Crippen molar-refractivity contribution >= 4 is 11.8 Å². The highest BCUT2D eigenvalue weighted by Gasteiger charge is 2.12. The number of aryl methyl sites for hydroxylation is 2. The fraction of sp³-hybridized carbons (Fsp3) is 0.667. The van der Waals surface area contributed by atoms with Crippen LogP contribution in [0.15, 0.2) is 11.2 Å². The van der Waals surface area contributed by atoms with Gasteiger partial charge in [0, 0.05) is 23.2 Å². The van der Waals surface area contributed by atoms with Crippen molar-refractivity contribution in [3.05, 3.63) is 17.5 Å². The number of hydrogen-bond acceptors (Lipinski definition) is 4. The normalized spacial score (nSPS) is 13.1. The third-order valence-corrected chi connectivity index (χ3v) is 3.50. The summed E-state index contributed by atoms with van der Waals surface area (Å²) in [6.45, 7) is 8.47. The van der Waals surface area contributed by atoms with Gasteiger partial charge in [-0.25, -0.2) is 9.97 Å². The molecule has 3 nitrogen and oxygen atoms in total. The smallest absolute Gasteiger partial charge is 0.188 e. The standard InChI is InChI=1S/C12H21N3S/c1-8(2)11(13-5)7-16-12-14-9(3)6-10(4)15-12/h6,8,11,13H,7H2,1-5H3. The van der Waals surface area contributed by atoms with Gasteiger partial charge in [-0.2, -0.15) is 0 Å². The van der Waals surface area contributed by atoms with Gasteiger partial charge in [0.15, 0.2) is 5.16 Å².